The van der Waals surface area contributed by atoms with Gasteiger partial charge in [0.15, 0.2) is 0 Å². The normalized spacial score (nSPS) is 11.0. The number of nitriles is 1. The van der Waals surface area contributed by atoms with Gasteiger partial charge in [-0.2, -0.15) is 10.4 Å². The molecule has 0 spiro atoms. The molecule has 144 valence electrons. The quantitative estimate of drug-likeness (QED) is 0.595. The SMILES string of the molecule is CC.Cn1cc(C#N)c2c(Cl)ccc(NSc3cnn(CC(C)(C)O)c3)c21. The van der Waals surface area contributed by atoms with Gasteiger partial charge in [0, 0.05) is 24.8 Å². The lowest BCUT2D eigenvalue weighted by atomic mass is 10.1. The summed E-state index contributed by atoms with van der Waals surface area (Å²) in [6.45, 7) is 7.90. The summed E-state index contributed by atoms with van der Waals surface area (Å²) >= 11 is 7.68. The fraction of sp³-hybridized carbons (Fsp3) is 0.368. The Morgan fingerprint density at radius 1 is 1.33 bits per heavy atom. The first-order valence-electron chi connectivity index (χ1n) is 8.64. The van der Waals surface area contributed by atoms with Gasteiger partial charge < -0.3 is 14.4 Å². The molecule has 0 unspecified atom stereocenters. The maximum atomic E-state index is 9.86. The van der Waals surface area contributed by atoms with Crippen LogP contribution in [0.2, 0.25) is 5.02 Å². The van der Waals surface area contributed by atoms with Gasteiger partial charge in [-0.25, -0.2) is 0 Å². The summed E-state index contributed by atoms with van der Waals surface area (Å²) < 4.78 is 6.89. The number of anilines is 1. The third-order valence-electron chi connectivity index (χ3n) is 3.63. The number of aliphatic hydroxyl groups is 1. The third kappa shape index (κ3) is 4.98. The van der Waals surface area contributed by atoms with Crippen molar-refractivity contribution in [3.63, 3.8) is 0 Å². The lowest BCUT2D eigenvalue weighted by Crippen LogP contribution is -2.26. The zero-order valence-electron chi connectivity index (χ0n) is 16.1. The highest BCUT2D eigenvalue weighted by Gasteiger charge is 2.16. The van der Waals surface area contributed by atoms with Gasteiger partial charge in [-0.1, -0.05) is 25.4 Å². The minimum atomic E-state index is -0.819. The molecular weight excluding hydrogens is 382 g/mol. The molecule has 0 saturated heterocycles. The second-order valence-electron chi connectivity index (χ2n) is 6.47. The molecule has 3 rings (SSSR count). The Hall–Kier alpha value is -2.14. The first-order valence-corrected chi connectivity index (χ1v) is 9.83. The van der Waals surface area contributed by atoms with E-state index in [9.17, 15) is 10.4 Å². The van der Waals surface area contributed by atoms with E-state index in [1.807, 2.05) is 37.7 Å². The van der Waals surface area contributed by atoms with Crippen LogP contribution in [-0.4, -0.2) is 25.1 Å². The molecule has 0 atom stereocenters. The van der Waals surface area contributed by atoms with E-state index in [0.717, 1.165) is 21.5 Å². The van der Waals surface area contributed by atoms with E-state index in [1.165, 1.54) is 11.9 Å². The van der Waals surface area contributed by atoms with Crippen LogP contribution in [0.15, 0.2) is 35.6 Å². The smallest absolute Gasteiger partial charge is 0.101 e. The van der Waals surface area contributed by atoms with Gasteiger partial charge in [-0.05, 0) is 37.9 Å². The molecule has 0 fully saturated rings. The van der Waals surface area contributed by atoms with E-state index in [0.29, 0.717) is 17.1 Å². The van der Waals surface area contributed by atoms with E-state index < -0.39 is 5.60 Å². The predicted octanol–water partition coefficient (Wildman–Crippen LogP) is 4.82. The van der Waals surface area contributed by atoms with Crippen molar-refractivity contribution in [2.24, 2.45) is 7.05 Å². The minimum absolute atomic E-state index is 0.419. The maximum absolute atomic E-state index is 9.86. The largest absolute Gasteiger partial charge is 0.389 e. The molecule has 1 aromatic carbocycles. The number of nitrogens with zero attached hydrogens (tertiary/aromatic N) is 4. The van der Waals surface area contributed by atoms with Crippen molar-refractivity contribution < 1.29 is 5.11 Å². The van der Waals surface area contributed by atoms with Crippen molar-refractivity contribution in [3.8, 4) is 6.07 Å². The van der Waals surface area contributed by atoms with Crippen molar-refractivity contribution in [1.82, 2.24) is 14.3 Å². The Morgan fingerprint density at radius 2 is 2.04 bits per heavy atom. The fourth-order valence-corrected chi connectivity index (χ4v) is 3.59. The number of fused-ring (bicyclic) bond motifs is 1. The van der Waals surface area contributed by atoms with Crippen molar-refractivity contribution in [1.29, 1.82) is 5.26 Å². The first kappa shape index (κ1) is 21.2. The fourth-order valence-electron chi connectivity index (χ4n) is 2.67. The zero-order chi connectivity index (χ0) is 20.2. The summed E-state index contributed by atoms with van der Waals surface area (Å²) in [4.78, 5) is 0.919. The average Bonchev–Trinajstić information content (AvgIpc) is 3.19. The van der Waals surface area contributed by atoms with Gasteiger partial charge in [0.2, 0.25) is 0 Å². The van der Waals surface area contributed by atoms with Crippen LogP contribution in [-0.2, 0) is 13.6 Å². The number of aryl methyl sites for hydroxylation is 1. The second-order valence-corrected chi connectivity index (χ2v) is 7.76. The molecule has 8 heteroatoms. The van der Waals surface area contributed by atoms with Gasteiger partial charge in [0.25, 0.3) is 0 Å². The number of halogens is 1. The molecule has 6 nitrogen and oxygen atoms in total. The van der Waals surface area contributed by atoms with Crippen LogP contribution in [0.3, 0.4) is 0 Å². The highest BCUT2D eigenvalue weighted by Crippen LogP contribution is 2.35. The molecule has 3 aromatic rings. The maximum Gasteiger partial charge on any atom is 0.101 e. The van der Waals surface area contributed by atoms with E-state index >= 15 is 0 Å². The first-order chi connectivity index (χ1) is 12.8. The van der Waals surface area contributed by atoms with Crippen LogP contribution < -0.4 is 4.72 Å². The van der Waals surface area contributed by atoms with E-state index in [2.05, 4.69) is 15.9 Å². The van der Waals surface area contributed by atoms with Crippen LogP contribution in [0.4, 0.5) is 5.69 Å². The van der Waals surface area contributed by atoms with Gasteiger partial charge in [-0.3, -0.25) is 4.68 Å². The molecule has 27 heavy (non-hydrogen) atoms. The third-order valence-corrected chi connectivity index (χ3v) is 4.71. The Balaban J connectivity index is 0.00000126. The number of hydrogen-bond donors (Lipinski definition) is 2. The average molecular weight is 406 g/mol. The number of rotatable bonds is 5. The van der Waals surface area contributed by atoms with Crippen LogP contribution in [0.25, 0.3) is 10.9 Å². The molecular formula is C19H24ClN5OS. The van der Waals surface area contributed by atoms with Gasteiger partial charge in [0.1, 0.15) is 6.07 Å². The monoisotopic (exact) mass is 405 g/mol. The summed E-state index contributed by atoms with van der Waals surface area (Å²) in [7, 11) is 1.89. The van der Waals surface area contributed by atoms with Crippen molar-refractivity contribution >= 4 is 40.1 Å². The van der Waals surface area contributed by atoms with E-state index in [-0.39, 0.29) is 0 Å². The van der Waals surface area contributed by atoms with E-state index in [4.69, 9.17) is 11.6 Å². The van der Waals surface area contributed by atoms with Crippen LogP contribution in [0.5, 0.6) is 0 Å². The molecule has 0 bridgehead atoms. The minimum Gasteiger partial charge on any atom is -0.389 e. The number of hydrogen-bond acceptors (Lipinski definition) is 5. The van der Waals surface area contributed by atoms with Crippen molar-refractivity contribution in [3.05, 3.63) is 41.3 Å². The van der Waals surface area contributed by atoms with Crippen molar-refractivity contribution in [2.75, 3.05) is 4.72 Å². The molecule has 2 N–H and O–H groups in total. The zero-order valence-corrected chi connectivity index (χ0v) is 17.7. The predicted molar refractivity (Wildman–Crippen MR) is 112 cm³/mol. The summed E-state index contributed by atoms with van der Waals surface area (Å²) in [5.41, 5.74) is 1.47. The lowest BCUT2D eigenvalue weighted by molar-refractivity contribution is 0.0577. The highest BCUT2D eigenvalue weighted by atomic mass is 35.5. The Labute approximate surface area is 168 Å². The molecule has 0 aliphatic carbocycles. The molecule has 0 saturated carbocycles. The Bertz CT molecular complexity index is 965. The van der Waals surface area contributed by atoms with Crippen molar-refractivity contribution in [2.45, 2.75) is 44.7 Å². The van der Waals surface area contributed by atoms with Crippen LogP contribution >= 0.6 is 23.5 Å². The Kier molecular flexibility index (Phi) is 6.82. The van der Waals surface area contributed by atoms with Gasteiger partial charge in [-0.15, -0.1) is 0 Å². The molecule has 2 heterocycles. The second kappa shape index (κ2) is 8.70. The Morgan fingerprint density at radius 3 is 2.67 bits per heavy atom. The molecule has 2 aromatic heterocycles. The summed E-state index contributed by atoms with van der Waals surface area (Å²) in [5, 5.41) is 24.7. The summed E-state index contributed by atoms with van der Waals surface area (Å²) in [6, 6.07) is 5.85. The van der Waals surface area contributed by atoms with E-state index in [1.54, 1.807) is 37.0 Å². The number of nitrogens with one attached hydrogen (secondary N) is 1. The molecule has 0 aliphatic rings. The van der Waals surface area contributed by atoms with Crippen LogP contribution in [0, 0.1) is 11.3 Å². The number of benzene rings is 1. The highest BCUT2D eigenvalue weighted by molar-refractivity contribution is 8.00. The van der Waals surface area contributed by atoms with Gasteiger partial charge in [0.05, 0.1) is 45.0 Å². The number of aromatic nitrogens is 3. The lowest BCUT2D eigenvalue weighted by Gasteiger charge is -2.16. The summed E-state index contributed by atoms with van der Waals surface area (Å²) in [5.74, 6) is 0. The summed E-state index contributed by atoms with van der Waals surface area (Å²) in [6.07, 6.45) is 5.38. The molecule has 0 aliphatic heterocycles. The topological polar surface area (TPSA) is 78.8 Å². The van der Waals surface area contributed by atoms with Crippen LogP contribution in [0.1, 0.15) is 33.3 Å². The standard InChI is InChI=1S/C17H18ClN5OS.C2H6/c1-17(2,24)10-23-9-12(7-20-23)25-21-14-5-4-13(18)15-11(6-19)8-22(3)16(14)15;1-2/h4-5,7-9,21,24H,10H2,1-3H3;1-2H3. The van der Waals surface area contributed by atoms with Gasteiger partial charge >= 0.3 is 0 Å². The molecule has 0 amide bonds. The molecule has 0 radical (unpaired) electrons.